The van der Waals surface area contributed by atoms with Crippen molar-refractivity contribution in [3.8, 4) is 17.1 Å². The van der Waals surface area contributed by atoms with Crippen molar-refractivity contribution in [1.82, 2.24) is 20.1 Å². The number of amides is 1. The molecule has 0 radical (unpaired) electrons. The number of para-hydroxylation sites is 1. The minimum absolute atomic E-state index is 0.0657. The van der Waals surface area contributed by atoms with E-state index < -0.39 is 0 Å². The van der Waals surface area contributed by atoms with Gasteiger partial charge in [-0.3, -0.25) is 4.79 Å². The van der Waals surface area contributed by atoms with Crippen LogP contribution >= 0.6 is 11.8 Å². The molecule has 0 saturated heterocycles. The van der Waals surface area contributed by atoms with Gasteiger partial charge in [-0.1, -0.05) is 61.2 Å². The second-order valence-electron chi connectivity index (χ2n) is 8.71. The van der Waals surface area contributed by atoms with E-state index in [-0.39, 0.29) is 5.91 Å². The van der Waals surface area contributed by atoms with E-state index >= 15 is 0 Å². The van der Waals surface area contributed by atoms with Crippen LogP contribution < -0.4 is 10.1 Å². The zero-order valence-electron chi connectivity index (χ0n) is 19.4. The van der Waals surface area contributed by atoms with Crippen LogP contribution in [0.4, 0.5) is 0 Å². The molecule has 0 unspecified atom stereocenters. The van der Waals surface area contributed by atoms with Gasteiger partial charge in [-0.2, -0.15) is 0 Å². The van der Waals surface area contributed by atoms with E-state index in [0.717, 1.165) is 54.0 Å². The number of carbonyl (C=O) groups is 1. The zero-order chi connectivity index (χ0) is 23.0. The average molecular weight is 465 g/mol. The lowest BCUT2D eigenvalue weighted by molar-refractivity contribution is -0.119. The molecule has 0 spiro atoms. The summed E-state index contributed by atoms with van der Waals surface area (Å²) in [7, 11) is 1.66. The fourth-order valence-electron chi connectivity index (χ4n) is 4.32. The van der Waals surface area contributed by atoms with Gasteiger partial charge >= 0.3 is 0 Å². The third kappa shape index (κ3) is 6.16. The lowest BCUT2D eigenvalue weighted by Gasteiger charge is -2.26. The summed E-state index contributed by atoms with van der Waals surface area (Å²) in [5.74, 6) is 2.68. The molecule has 2 aromatic carbocycles. The number of hydrogen-bond donors (Lipinski definition) is 1. The number of aromatic nitrogens is 3. The first-order chi connectivity index (χ1) is 16.1. The van der Waals surface area contributed by atoms with Crippen molar-refractivity contribution >= 4 is 17.7 Å². The molecule has 0 atom stereocenters. The fraction of sp³-hybridized carbons (Fsp3) is 0.423. The van der Waals surface area contributed by atoms with Gasteiger partial charge in [0.2, 0.25) is 5.91 Å². The van der Waals surface area contributed by atoms with E-state index in [9.17, 15) is 4.79 Å². The molecule has 1 aromatic heterocycles. The first-order valence-electron chi connectivity index (χ1n) is 11.7. The standard InChI is InChI=1S/C26H32N4O2S/c1-19-12-14-21(15-13-19)27-24(31)18-33-26-29-28-25(22-10-6-7-11-23(22)32-2)30(26)17-16-20-8-4-3-5-9-20/h3-11,19,21H,12-18H2,1-2H3,(H,27,31). The van der Waals surface area contributed by atoms with Gasteiger partial charge in [-0.15, -0.1) is 10.2 Å². The van der Waals surface area contributed by atoms with Gasteiger partial charge in [0.25, 0.3) is 0 Å². The topological polar surface area (TPSA) is 69.0 Å². The van der Waals surface area contributed by atoms with E-state index in [1.54, 1.807) is 7.11 Å². The summed E-state index contributed by atoms with van der Waals surface area (Å²) in [6, 6.07) is 18.5. The summed E-state index contributed by atoms with van der Waals surface area (Å²) in [5.41, 5.74) is 2.14. The Kier molecular flexibility index (Phi) is 8.05. The van der Waals surface area contributed by atoms with Gasteiger partial charge in [0.05, 0.1) is 18.4 Å². The molecule has 7 heteroatoms. The number of thioether (sulfide) groups is 1. The van der Waals surface area contributed by atoms with Gasteiger partial charge in [0.1, 0.15) is 5.75 Å². The summed E-state index contributed by atoms with van der Waals surface area (Å²) in [6.45, 7) is 3.00. The van der Waals surface area contributed by atoms with Crippen molar-refractivity contribution < 1.29 is 9.53 Å². The predicted molar refractivity (Wildman–Crippen MR) is 132 cm³/mol. The van der Waals surface area contributed by atoms with Crippen LogP contribution in [0.15, 0.2) is 59.8 Å². The number of ether oxygens (including phenoxy) is 1. The Hall–Kier alpha value is -2.80. The lowest BCUT2D eigenvalue weighted by atomic mass is 9.87. The van der Waals surface area contributed by atoms with Crippen LogP contribution in [0, 0.1) is 5.92 Å². The summed E-state index contributed by atoms with van der Waals surface area (Å²) in [6.07, 6.45) is 5.37. The van der Waals surface area contributed by atoms with Crippen LogP contribution in [0.5, 0.6) is 5.75 Å². The van der Waals surface area contributed by atoms with Crippen LogP contribution in [0.1, 0.15) is 38.2 Å². The lowest BCUT2D eigenvalue weighted by Crippen LogP contribution is -2.38. The fourth-order valence-corrected chi connectivity index (χ4v) is 5.09. The second kappa shape index (κ2) is 11.4. The molecule has 1 amide bonds. The molecule has 3 aromatic rings. The quantitative estimate of drug-likeness (QED) is 0.452. The molecular weight excluding hydrogens is 432 g/mol. The van der Waals surface area contributed by atoms with Gasteiger partial charge in [-0.25, -0.2) is 0 Å². The summed E-state index contributed by atoms with van der Waals surface area (Å²) < 4.78 is 7.67. The molecule has 174 valence electrons. The molecule has 1 fully saturated rings. The third-order valence-electron chi connectivity index (χ3n) is 6.24. The molecule has 33 heavy (non-hydrogen) atoms. The van der Waals surface area contributed by atoms with Crippen LogP contribution in [0.2, 0.25) is 0 Å². The SMILES string of the molecule is COc1ccccc1-c1nnc(SCC(=O)NC2CCC(C)CC2)n1CCc1ccccc1. The summed E-state index contributed by atoms with van der Waals surface area (Å²) >= 11 is 1.44. The van der Waals surface area contributed by atoms with Crippen LogP contribution in [0.3, 0.4) is 0 Å². The molecule has 1 N–H and O–H groups in total. The van der Waals surface area contributed by atoms with Crippen molar-refractivity contribution in [2.75, 3.05) is 12.9 Å². The highest BCUT2D eigenvalue weighted by atomic mass is 32.2. The van der Waals surface area contributed by atoms with Crippen LogP contribution in [-0.2, 0) is 17.8 Å². The van der Waals surface area contributed by atoms with Crippen molar-refractivity contribution in [2.45, 2.75) is 56.8 Å². The molecule has 1 saturated carbocycles. The highest BCUT2D eigenvalue weighted by Crippen LogP contribution is 2.31. The molecule has 1 heterocycles. The number of benzene rings is 2. The number of nitrogens with one attached hydrogen (secondary N) is 1. The molecular formula is C26H32N4O2S. The number of hydrogen-bond acceptors (Lipinski definition) is 5. The first-order valence-corrected chi connectivity index (χ1v) is 12.6. The van der Waals surface area contributed by atoms with E-state index in [2.05, 4.69) is 51.3 Å². The number of methoxy groups -OCH3 is 1. The Balaban J connectivity index is 1.49. The summed E-state index contributed by atoms with van der Waals surface area (Å²) in [4.78, 5) is 12.6. The Morgan fingerprint density at radius 2 is 1.79 bits per heavy atom. The smallest absolute Gasteiger partial charge is 0.230 e. The maximum Gasteiger partial charge on any atom is 0.230 e. The van der Waals surface area contributed by atoms with Crippen molar-refractivity contribution in [3.63, 3.8) is 0 Å². The number of aryl methyl sites for hydroxylation is 1. The molecule has 4 rings (SSSR count). The van der Waals surface area contributed by atoms with Crippen LogP contribution in [-0.4, -0.2) is 39.6 Å². The Bertz CT molecular complexity index is 1050. The minimum atomic E-state index is 0.0657. The second-order valence-corrected chi connectivity index (χ2v) is 9.65. The Labute approximate surface area is 200 Å². The normalized spacial score (nSPS) is 18.1. The van der Waals surface area contributed by atoms with E-state index in [4.69, 9.17) is 4.74 Å². The minimum Gasteiger partial charge on any atom is -0.496 e. The average Bonchev–Trinajstić information content (AvgIpc) is 3.26. The highest BCUT2D eigenvalue weighted by molar-refractivity contribution is 7.99. The predicted octanol–water partition coefficient (Wildman–Crippen LogP) is 4.98. The van der Waals surface area contributed by atoms with E-state index in [1.807, 2.05) is 30.3 Å². The van der Waals surface area contributed by atoms with Gasteiger partial charge in [0.15, 0.2) is 11.0 Å². The molecule has 1 aliphatic carbocycles. The Morgan fingerprint density at radius 3 is 2.55 bits per heavy atom. The van der Waals surface area contributed by atoms with Crippen molar-refractivity contribution in [2.24, 2.45) is 5.92 Å². The van der Waals surface area contributed by atoms with Gasteiger partial charge in [0, 0.05) is 12.6 Å². The number of rotatable bonds is 9. The first kappa shape index (κ1) is 23.4. The third-order valence-corrected chi connectivity index (χ3v) is 7.21. The molecule has 6 nitrogen and oxygen atoms in total. The number of carbonyl (C=O) groups excluding carboxylic acids is 1. The maximum absolute atomic E-state index is 12.6. The maximum atomic E-state index is 12.6. The highest BCUT2D eigenvalue weighted by Gasteiger charge is 2.21. The Morgan fingerprint density at radius 1 is 1.06 bits per heavy atom. The number of nitrogens with zero attached hydrogens (tertiary/aromatic N) is 3. The summed E-state index contributed by atoms with van der Waals surface area (Å²) in [5, 5.41) is 12.9. The van der Waals surface area contributed by atoms with E-state index in [1.165, 1.54) is 30.2 Å². The van der Waals surface area contributed by atoms with Gasteiger partial charge in [-0.05, 0) is 55.7 Å². The van der Waals surface area contributed by atoms with Crippen molar-refractivity contribution in [3.05, 3.63) is 60.2 Å². The van der Waals surface area contributed by atoms with Gasteiger partial charge < -0.3 is 14.6 Å². The monoisotopic (exact) mass is 464 g/mol. The zero-order valence-corrected chi connectivity index (χ0v) is 20.2. The molecule has 0 bridgehead atoms. The van der Waals surface area contributed by atoms with Crippen molar-refractivity contribution in [1.29, 1.82) is 0 Å². The van der Waals surface area contributed by atoms with Crippen LogP contribution in [0.25, 0.3) is 11.4 Å². The largest absolute Gasteiger partial charge is 0.496 e. The molecule has 0 aliphatic heterocycles. The van der Waals surface area contributed by atoms with E-state index in [0.29, 0.717) is 11.8 Å². The molecule has 1 aliphatic rings.